The molecular formula is C15H22N2O3S. The number of carbonyl (C=O) groups excluding carboxylic acids is 1. The smallest absolute Gasteiger partial charge is 0.254 e. The van der Waals surface area contributed by atoms with Crippen molar-refractivity contribution in [2.24, 2.45) is 5.14 Å². The minimum absolute atomic E-state index is 0.0149. The second-order valence-electron chi connectivity index (χ2n) is 5.55. The first-order chi connectivity index (χ1) is 9.84. The van der Waals surface area contributed by atoms with Crippen LogP contribution in [0.4, 0.5) is 0 Å². The number of nitrogens with zero attached hydrogens (tertiary/aromatic N) is 1. The van der Waals surface area contributed by atoms with E-state index in [0.29, 0.717) is 12.1 Å². The van der Waals surface area contributed by atoms with Gasteiger partial charge in [0.2, 0.25) is 10.0 Å². The Kier molecular flexibility index (Phi) is 4.68. The monoisotopic (exact) mass is 310 g/mol. The fourth-order valence-corrected chi connectivity index (χ4v) is 3.49. The summed E-state index contributed by atoms with van der Waals surface area (Å²) in [6.45, 7) is 4.39. The summed E-state index contributed by atoms with van der Waals surface area (Å²) in [5.41, 5.74) is 1.19. The van der Waals surface area contributed by atoms with Crippen molar-refractivity contribution in [1.82, 2.24) is 4.90 Å². The Hall–Kier alpha value is -1.40. The summed E-state index contributed by atoms with van der Waals surface area (Å²) in [4.78, 5) is 14.6. The average Bonchev–Trinajstić information content (AvgIpc) is 2.92. The molecule has 0 unspecified atom stereocenters. The van der Waals surface area contributed by atoms with Crippen LogP contribution in [0.15, 0.2) is 23.1 Å². The van der Waals surface area contributed by atoms with E-state index in [1.165, 1.54) is 12.1 Å². The van der Waals surface area contributed by atoms with E-state index in [2.05, 4.69) is 0 Å². The van der Waals surface area contributed by atoms with Crippen molar-refractivity contribution in [1.29, 1.82) is 0 Å². The van der Waals surface area contributed by atoms with E-state index in [9.17, 15) is 13.2 Å². The molecule has 1 saturated carbocycles. The van der Waals surface area contributed by atoms with E-state index in [1.54, 1.807) is 6.07 Å². The number of rotatable bonds is 4. The van der Waals surface area contributed by atoms with Crippen LogP contribution in [0.3, 0.4) is 0 Å². The highest BCUT2D eigenvalue weighted by Gasteiger charge is 2.27. The molecule has 0 bridgehead atoms. The van der Waals surface area contributed by atoms with E-state index in [-0.39, 0.29) is 16.8 Å². The minimum atomic E-state index is -3.80. The summed E-state index contributed by atoms with van der Waals surface area (Å²) in [7, 11) is -3.80. The van der Waals surface area contributed by atoms with Crippen LogP contribution in [0.1, 0.15) is 48.5 Å². The first kappa shape index (κ1) is 16.0. The predicted molar refractivity (Wildman–Crippen MR) is 81.5 cm³/mol. The number of hydrogen-bond acceptors (Lipinski definition) is 3. The first-order valence-corrected chi connectivity index (χ1v) is 8.83. The third kappa shape index (κ3) is 3.44. The molecule has 0 spiro atoms. The van der Waals surface area contributed by atoms with E-state index in [1.807, 2.05) is 18.7 Å². The van der Waals surface area contributed by atoms with Crippen LogP contribution < -0.4 is 5.14 Å². The fourth-order valence-electron chi connectivity index (χ4n) is 2.95. The van der Waals surface area contributed by atoms with Crippen LogP contribution in [0.5, 0.6) is 0 Å². The molecule has 116 valence electrons. The standard InChI is InChI=1S/C15H22N2O3S/c1-3-17(12-6-4-5-7-12)15(18)14-10-13(21(16,19)20)9-8-11(14)2/h8-10,12H,3-7H2,1-2H3,(H2,16,19,20). The molecule has 0 aromatic heterocycles. The molecule has 6 heteroatoms. The molecule has 1 fully saturated rings. The van der Waals surface area contributed by atoms with Crippen LogP contribution in [0.2, 0.25) is 0 Å². The Bertz CT molecular complexity index is 634. The Morgan fingerprint density at radius 1 is 1.33 bits per heavy atom. The molecular weight excluding hydrogens is 288 g/mol. The molecule has 1 aliphatic rings. The molecule has 0 radical (unpaired) electrons. The third-order valence-electron chi connectivity index (χ3n) is 4.13. The molecule has 5 nitrogen and oxygen atoms in total. The quantitative estimate of drug-likeness (QED) is 0.924. The lowest BCUT2D eigenvalue weighted by Gasteiger charge is -2.28. The summed E-state index contributed by atoms with van der Waals surface area (Å²) in [5.74, 6) is -0.104. The largest absolute Gasteiger partial charge is 0.336 e. The van der Waals surface area contributed by atoms with Gasteiger partial charge in [0, 0.05) is 18.2 Å². The van der Waals surface area contributed by atoms with Gasteiger partial charge in [-0.1, -0.05) is 18.9 Å². The molecule has 21 heavy (non-hydrogen) atoms. The zero-order valence-corrected chi connectivity index (χ0v) is 13.3. The molecule has 2 rings (SSSR count). The molecule has 1 aromatic rings. The summed E-state index contributed by atoms with van der Waals surface area (Å²) in [6.07, 6.45) is 4.33. The molecule has 1 aliphatic carbocycles. The maximum absolute atomic E-state index is 12.8. The van der Waals surface area contributed by atoms with Gasteiger partial charge in [0.15, 0.2) is 0 Å². The highest BCUT2D eigenvalue weighted by Crippen LogP contribution is 2.26. The number of primary sulfonamides is 1. The van der Waals surface area contributed by atoms with E-state index >= 15 is 0 Å². The number of aryl methyl sites for hydroxylation is 1. The second-order valence-corrected chi connectivity index (χ2v) is 7.11. The van der Waals surface area contributed by atoms with Gasteiger partial charge in [-0.25, -0.2) is 13.6 Å². The average molecular weight is 310 g/mol. The van der Waals surface area contributed by atoms with Gasteiger partial charge >= 0.3 is 0 Å². The SMILES string of the molecule is CCN(C(=O)c1cc(S(N)(=O)=O)ccc1C)C1CCCC1. The van der Waals surface area contributed by atoms with Gasteiger partial charge in [-0.3, -0.25) is 4.79 Å². The third-order valence-corrected chi connectivity index (χ3v) is 5.05. The molecule has 2 N–H and O–H groups in total. The number of hydrogen-bond donors (Lipinski definition) is 1. The van der Waals surface area contributed by atoms with Crippen LogP contribution in [0.25, 0.3) is 0 Å². The Morgan fingerprint density at radius 2 is 1.95 bits per heavy atom. The van der Waals surface area contributed by atoms with Gasteiger partial charge in [0.1, 0.15) is 0 Å². The van der Waals surface area contributed by atoms with Crippen molar-refractivity contribution in [3.8, 4) is 0 Å². The van der Waals surface area contributed by atoms with Gasteiger partial charge in [0.25, 0.3) is 5.91 Å². The molecule has 0 atom stereocenters. The summed E-state index contributed by atoms with van der Waals surface area (Å²) in [5, 5.41) is 5.15. The summed E-state index contributed by atoms with van der Waals surface area (Å²) >= 11 is 0. The lowest BCUT2D eigenvalue weighted by Crippen LogP contribution is -2.39. The van der Waals surface area contributed by atoms with Crippen molar-refractivity contribution < 1.29 is 13.2 Å². The lowest BCUT2D eigenvalue weighted by atomic mass is 10.1. The van der Waals surface area contributed by atoms with Crippen LogP contribution in [-0.4, -0.2) is 31.8 Å². The normalized spacial score (nSPS) is 16.1. The Morgan fingerprint density at radius 3 is 2.48 bits per heavy atom. The maximum atomic E-state index is 12.8. The van der Waals surface area contributed by atoms with Crippen molar-refractivity contribution in [3.05, 3.63) is 29.3 Å². The number of carbonyl (C=O) groups is 1. The van der Waals surface area contributed by atoms with Crippen LogP contribution in [-0.2, 0) is 10.0 Å². The van der Waals surface area contributed by atoms with Crippen molar-refractivity contribution >= 4 is 15.9 Å². The van der Waals surface area contributed by atoms with Gasteiger partial charge < -0.3 is 4.90 Å². The number of nitrogens with two attached hydrogens (primary N) is 1. The van der Waals surface area contributed by atoms with Gasteiger partial charge in [-0.05, 0) is 44.4 Å². The topological polar surface area (TPSA) is 80.5 Å². The number of amides is 1. The van der Waals surface area contributed by atoms with Gasteiger partial charge in [-0.15, -0.1) is 0 Å². The zero-order valence-electron chi connectivity index (χ0n) is 12.5. The van der Waals surface area contributed by atoms with Crippen molar-refractivity contribution in [2.45, 2.75) is 50.5 Å². The van der Waals surface area contributed by atoms with Crippen LogP contribution in [0, 0.1) is 6.92 Å². The van der Waals surface area contributed by atoms with E-state index in [4.69, 9.17) is 5.14 Å². The zero-order chi connectivity index (χ0) is 15.6. The van der Waals surface area contributed by atoms with Gasteiger partial charge in [-0.2, -0.15) is 0 Å². The van der Waals surface area contributed by atoms with Crippen LogP contribution >= 0.6 is 0 Å². The molecule has 0 heterocycles. The molecule has 0 aliphatic heterocycles. The van der Waals surface area contributed by atoms with Crippen molar-refractivity contribution in [2.75, 3.05) is 6.54 Å². The molecule has 0 saturated heterocycles. The lowest BCUT2D eigenvalue weighted by molar-refractivity contribution is 0.0692. The van der Waals surface area contributed by atoms with E-state index < -0.39 is 10.0 Å². The molecule has 1 aromatic carbocycles. The summed E-state index contributed by atoms with van der Waals surface area (Å²) < 4.78 is 22.9. The maximum Gasteiger partial charge on any atom is 0.254 e. The van der Waals surface area contributed by atoms with Gasteiger partial charge in [0.05, 0.1) is 4.90 Å². The summed E-state index contributed by atoms with van der Waals surface area (Å²) in [6, 6.07) is 4.73. The number of sulfonamides is 1. The van der Waals surface area contributed by atoms with Crippen molar-refractivity contribution in [3.63, 3.8) is 0 Å². The van der Waals surface area contributed by atoms with E-state index in [0.717, 1.165) is 31.2 Å². The molecule has 1 amide bonds. The highest BCUT2D eigenvalue weighted by molar-refractivity contribution is 7.89. The fraction of sp³-hybridized carbons (Fsp3) is 0.533. The Balaban J connectivity index is 2.37. The highest BCUT2D eigenvalue weighted by atomic mass is 32.2. The first-order valence-electron chi connectivity index (χ1n) is 7.29. The number of benzene rings is 1. The second kappa shape index (κ2) is 6.15. The minimum Gasteiger partial charge on any atom is -0.336 e. The predicted octanol–water partition coefficient (Wildman–Crippen LogP) is 2.05. The Labute approximate surface area is 126 Å².